The first-order valence-corrected chi connectivity index (χ1v) is 10.2. The Morgan fingerprint density at radius 2 is 1.97 bits per heavy atom. The number of nitrogens with one attached hydrogen (secondary N) is 2. The van der Waals surface area contributed by atoms with Crippen LogP contribution in [0, 0.1) is 0 Å². The predicted molar refractivity (Wildman–Crippen MR) is 111 cm³/mol. The van der Waals surface area contributed by atoms with Crippen LogP contribution in [0.1, 0.15) is 42.7 Å². The number of fused-ring (bicyclic) bond motifs is 1. The summed E-state index contributed by atoms with van der Waals surface area (Å²) in [7, 11) is 0. The van der Waals surface area contributed by atoms with Gasteiger partial charge in [-0.15, -0.1) is 0 Å². The molecule has 0 saturated carbocycles. The topological polar surface area (TPSA) is 73.9 Å². The number of nitrogens with zero attached hydrogens (tertiary/aromatic N) is 3. The molecule has 4 rings (SSSR count). The molecule has 1 saturated heterocycles. The van der Waals surface area contributed by atoms with E-state index >= 15 is 0 Å². The number of amides is 1. The van der Waals surface area contributed by atoms with Crippen molar-refractivity contribution in [3.8, 4) is 11.1 Å². The molecule has 1 aliphatic rings. The highest BCUT2D eigenvalue weighted by Crippen LogP contribution is 2.29. The molecule has 3 heterocycles. The van der Waals surface area contributed by atoms with Gasteiger partial charge in [-0.25, -0.2) is 8.78 Å². The molecule has 8 heteroatoms. The van der Waals surface area contributed by atoms with Crippen LogP contribution < -0.4 is 5.32 Å². The molecule has 1 aliphatic heterocycles. The number of carbonyl (C=O) groups excluding carboxylic acids is 1. The largest absolute Gasteiger partial charge is 0.348 e. The molecule has 6 nitrogen and oxygen atoms in total. The van der Waals surface area contributed by atoms with E-state index in [-0.39, 0.29) is 25.0 Å². The highest BCUT2D eigenvalue weighted by molar-refractivity contribution is 6.05. The number of aromatic amines is 1. The normalized spacial score (nSPS) is 16.0. The van der Waals surface area contributed by atoms with Crippen molar-refractivity contribution in [2.24, 2.45) is 0 Å². The van der Waals surface area contributed by atoms with Gasteiger partial charge in [0.25, 0.3) is 11.8 Å². The van der Waals surface area contributed by atoms with Crippen LogP contribution >= 0.6 is 0 Å². The van der Waals surface area contributed by atoms with Crippen molar-refractivity contribution in [2.45, 2.75) is 45.2 Å². The summed E-state index contributed by atoms with van der Waals surface area (Å²) in [6.45, 7) is 4.08. The third-order valence-electron chi connectivity index (χ3n) is 5.54. The fourth-order valence-corrected chi connectivity index (χ4v) is 3.82. The van der Waals surface area contributed by atoms with Gasteiger partial charge in [-0.2, -0.15) is 5.10 Å². The van der Waals surface area contributed by atoms with Crippen LogP contribution in [0.3, 0.4) is 0 Å². The van der Waals surface area contributed by atoms with Crippen LogP contribution in [0.15, 0.2) is 36.7 Å². The summed E-state index contributed by atoms with van der Waals surface area (Å²) in [6, 6.07) is 7.80. The first-order chi connectivity index (χ1) is 14.4. The number of pyridine rings is 1. The molecule has 0 radical (unpaired) electrons. The van der Waals surface area contributed by atoms with Gasteiger partial charge in [-0.1, -0.05) is 19.9 Å². The van der Waals surface area contributed by atoms with E-state index in [0.29, 0.717) is 12.2 Å². The number of H-pyrrole nitrogens is 1. The standard InChI is InChI=1S/C22H25F2N5O/c1-3-17(4-2)26-21(30)20-18-8-15(5-6-19(18)27-28-20)16-7-14(9-25-10-16)11-29-12-22(23,24)13-29/h5-10,17H,3-4,11-13H2,1-2H3,(H,26,30)(H,27,28). The molecule has 0 aliphatic carbocycles. The molecular formula is C22H25F2N5O. The van der Waals surface area contributed by atoms with Gasteiger partial charge in [0.2, 0.25) is 0 Å². The second-order valence-electron chi connectivity index (χ2n) is 7.90. The summed E-state index contributed by atoms with van der Waals surface area (Å²) in [5.74, 6) is -2.78. The molecule has 3 aromatic rings. The highest BCUT2D eigenvalue weighted by atomic mass is 19.3. The minimum absolute atomic E-state index is 0.113. The number of benzene rings is 1. The van der Waals surface area contributed by atoms with Crippen molar-refractivity contribution in [1.29, 1.82) is 0 Å². The van der Waals surface area contributed by atoms with E-state index in [9.17, 15) is 13.6 Å². The molecule has 2 aromatic heterocycles. The number of hydrogen-bond donors (Lipinski definition) is 2. The number of likely N-dealkylation sites (tertiary alicyclic amines) is 1. The van der Waals surface area contributed by atoms with E-state index in [0.717, 1.165) is 40.4 Å². The smallest absolute Gasteiger partial charge is 0.272 e. The minimum atomic E-state index is -2.58. The Morgan fingerprint density at radius 1 is 1.20 bits per heavy atom. The Morgan fingerprint density at radius 3 is 2.67 bits per heavy atom. The Balaban J connectivity index is 1.58. The van der Waals surface area contributed by atoms with Gasteiger partial charge < -0.3 is 5.32 Å². The number of rotatable bonds is 7. The third kappa shape index (κ3) is 4.18. The zero-order chi connectivity index (χ0) is 21.3. The Bertz CT molecular complexity index is 1050. The number of carbonyl (C=O) groups is 1. The summed E-state index contributed by atoms with van der Waals surface area (Å²) in [4.78, 5) is 18.7. The summed E-state index contributed by atoms with van der Waals surface area (Å²) < 4.78 is 26.2. The van der Waals surface area contributed by atoms with Crippen LogP contribution in [0.25, 0.3) is 22.0 Å². The van der Waals surface area contributed by atoms with Crippen LogP contribution in [0.2, 0.25) is 0 Å². The molecule has 1 amide bonds. The van der Waals surface area contributed by atoms with Gasteiger partial charge >= 0.3 is 0 Å². The second kappa shape index (κ2) is 8.10. The average molecular weight is 413 g/mol. The quantitative estimate of drug-likeness (QED) is 0.614. The highest BCUT2D eigenvalue weighted by Gasteiger charge is 2.43. The second-order valence-corrected chi connectivity index (χ2v) is 7.90. The first-order valence-electron chi connectivity index (χ1n) is 10.2. The molecule has 158 valence electrons. The van der Waals surface area contributed by atoms with Crippen molar-refractivity contribution >= 4 is 16.8 Å². The molecule has 1 fully saturated rings. The van der Waals surface area contributed by atoms with Gasteiger partial charge in [0.15, 0.2) is 5.69 Å². The number of aromatic nitrogens is 3. The zero-order valence-electron chi connectivity index (χ0n) is 17.1. The van der Waals surface area contributed by atoms with E-state index in [1.807, 2.05) is 38.1 Å². The monoisotopic (exact) mass is 413 g/mol. The number of alkyl halides is 2. The molecule has 0 bridgehead atoms. The fraction of sp³-hybridized carbons (Fsp3) is 0.409. The third-order valence-corrected chi connectivity index (χ3v) is 5.54. The lowest BCUT2D eigenvalue weighted by Crippen LogP contribution is -2.55. The Hall–Kier alpha value is -2.87. The van der Waals surface area contributed by atoms with E-state index in [4.69, 9.17) is 0 Å². The lowest BCUT2D eigenvalue weighted by molar-refractivity contribution is -0.133. The Labute approximate surface area is 173 Å². The maximum atomic E-state index is 13.1. The molecule has 1 aromatic carbocycles. The fourth-order valence-electron chi connectivity index (χ4n) is 3.82. The molecule has 30 heavy (non-hydrogen) atoms. The van der Waals surface area contributed by atoms with Crippen LogP contribution in [0.4, 0.5) is 8.78 Å². The molecule has 0 spiro atoms. The van der Waals surface area contributed by atoms with Gasteiger partial charge in [-0.3, -0.25) is 19.8 Å². The predicted octanol–water partition coefficient (Wildman–Crippen LogP) is 3.99. The van der Waals surface area contributed by atoms with E-state index in [1.54, 1.807) is 17.3 Å². The minimum Gasteiger partial charge on any atom is -0.348 e. The van der Waals surface area contributed by atoms with Crippen molar-refractivity contribution < 1.29 is 13.6 Å². The summed E-state index contributed by atoms with van der Waals surface area (Å²) >= 11 is 0. The van der Waals surface area contributed by atoms with E-state index < -0.39 is 5.92 Å². The molecule has 0 unspecified atom stereocenters. The maximum absolute atomic E-state index is 13.1. The SMILES string of the molecule is CCC(CC)NC(=O)c1n[nH]c2ccc(-c3cncc(CN4CC(F)(F)C4)c3)cc12. The van der Waals surface area contributed by atoms with Gasteiger partial charge in [0.1, 0.15) is 0 Å². The van der Waals surface area contributed by atoms with E-state index in [1.165, 1.54) is 0 Å². The lowest BCUT2D eigenvalue weighted by atomic mass is 10.0. The zero-order valence-corrected chi connectivity index (χ0v) is 17.1. The molecular weight excluding hydrogens is 388 g/mol. The summed E-state index contributed by atoms with van der Waals surface area (Å²) in [5.41, 5.74) is 3.78. The van der Waals surface area contributed by atoms with Crippen LogP contribution in [0.5, 0.6) is 0 Å². The van der Waals surface area contributed by atoms with Gasteiger partial charge in [0.05, 0.1) is 18.6 Å². The maximum Gasteiger partial charge on any atom is 0.272 e. The summed E-state index contributed by atoms with van der Waals surface area (Å²) in [6.07, 6.45) is 5.15. The molecule has 2 N–H and O–H groups in total. The van der Waals surface area contributed by atoms with Crippen molar-refractivity contribution in [3.05, 3.63) is 47.9 Å². The van der Waals surface area contributed by atoms with Crippen LogP contribution in [-0.4, -0.2) is 51.0 Å². The van der Waals surface area contributed by atoms with Crippen molar-refractivity contribution in [3.63, 3.8) is 0 Å². The van der Waals surface area contributed by atoms with E-state index in [2.05, 4.69) is 20.5 Å². The lowest BCUT2D eigenvalue weighted by Gasteiger charge is -2.38. The van der Waals surface area contributed by atoms with Crippen molar-refractivity contribution in [2.75, 3.05) is 13.1 Å². The number of hydrogen-bond acceptors (Lipinski definition) is 4. The average Bonchev–Trinajstić information content (AvgIpc) is 3.14. The van der Waals surface area contributed by atoms with Crippen molar-refractivity contribution in [1.82, 2.24) is 25.4 Å². The Kier molecular flexibility index (Phi) is 5.51. The number of halogens is 2. The molecule has 0 atom stereocenters. The summed E-state index contributed by atoms with van der Waals surface area (Å²) in [5, 5.41) is 10.9. The van der Waals surface area contributed by atoms with Crippen LogP contribution in [-0.2, 0) is 6.54 Å². The first kappa shape index (κ1) is 20.4. The van der Waals surface area contributed by atoms with Gasteiger partial charge in [-0.05, 0) is 42.2 Å². The van der Waals surface area contributed by atoms with Gasteiger partial charge in [0, 0.05) is 35.9 Å².